The molecular formula is C24H26O5. The van der Waals surface area contributed by atoms with Crippen molar-refractivity contribution < 1.29 is 19.1 Å². The van der Waals surface area contributed by atoms with E-state index < -0.39 is 5.63 Å². The molecule has 1 saturated heterocycles. The maximum atomic E-state index is 13.1. The number of aromatic hydroxyl groups is 1. The molecule has 0 amide bonds. The molecule has 1 N–H and O–H groups in total. The van der Waals surface area contributed by atoms with Gasteiger partial charge in [0.15, 0.2) is 5.78 Å². The summed E-state index contributed by atoms with van der Waals surface area (Å²) in [6.45, 7) is 0.714. The Bertz CT molecular complexity index is 969. The molecule has 2 fully saturated rings. The molecule has 5 heteroatoms. The summed E-state index contributed by atoms with van der Waals surface area (Å²) in [6, 6.07) is 9.77. The highest BCUT2D eigenvalue weighted by Crippen LogP contribution is 2.49. The van der Waals surface area contributed by atoms with Crippen molar-refractivity contribution in [3.05, 3.63) is 63.2 Å². The summed E-state index contributed by atoms with van der Waals surface area (Å²) >= 11 is 0. The number of ketones is 1. The third kappa shape index (κ3) is 3.64. The van der Waals surface area contributed by atoms with Gasteiger partial charge in [-0.2, -0.15) is 0 Å². The molecule has 1 saturated carbocycles. The average molecular weight is 394 g/mol. The van der Waals surface area contributed by atoms with Crippen LogP contribution in [-0.2, 0) is 4.74 Å². The highest BCUT2D eigenvalue weighted by atomic mass is 16.6. The van der Waals surface area contributed by atoms with E-state index in [0.29, 0.717) is 24.7 Å². The number of epoxide rings is 1. The molecular weight excluding hydrogens is 368 g/mol. The van der Waals surface area contributed by atoms with Gasteiger partial charge in [0.25, 0.3) is 0 Å². The zero-order chi connectivity index (χ0) is 20.0. The smallest absolute Gasteiger partial charge is 0.343 e. The van der Waals surface area contributed by atoms with E-state index in [4.69, 9.17) is 9.15 Å². The second kappa shape index (κ2) is 7.45. The maximum Gasteiger partial charge on any atom is 0.343 e. The van der Waals surface area contributed by atoms with Crippen molar-refractivity contribution in [1.82, 2.24) is 0 Å². The number of carbonyl (C=O) groups excluding carboxylic acids is 1. The fourth-order valence-corrected chi connectivity index (χ4v) is 4.83. The topological polar surface area (TPSA) is 80.0 Å². The molecule has 1 aliphatic heterocycles. The van der Waals surface area contributed by atoms with Crippen LogP contribution in [0.25, 0.3) is 0 Å². The Morgan fingerprint density at radius 1 is 1.07 bits per heavy atom. The molecule has 3 unspecified atom stereocenters. The van der Waals surface area contributed by atoms with Gasteiger partial charge in [-0.25, -0.2) is 4.79 Å². The fourth-order valence-electron chi connectivity index (χ4n) is 4.83. The van der Waals surface area contributed by atoms with Gasteiger partial charge in [0.2, 0.25) is 0 Å². The van der Waals surface area contributed by atoms with Crippen molar-refractivity contribution in [2.24, 2.45) is 5.92 Å². The van der Waals surface area contributed by atoms with E-state index >= 15 is 0 Å². The van der Waals surface area contributed by atoms with Crippen LogP contribution in [0, 0.1) is 5.92 Å². The van der Waals surface area contributed by atoms with Crippen LogP contribution in [0.1, 0.15) is 84.0 Å². The number of rotatable bonds is 5. The van der Waals surface area contributed by atoms with Crippen molar-refractivity contribution in [2.45, 2.75) is 62.9 Å². The van der Waals surface area contributed by atoms with Gasteiger partial charge >= 0.3 is 5.63 Å². The van der Waals surface area contributed by atoms with Crippen LogP contribution in [-0.4, -0.2) is 23.6 Å². The molecule has 2 heterocycles. The second-order valence-corrected chi connectivity index (χ2v) is 8.67. The number of hydrogen-bond donors (Lipinski definition) is 1. The summed E-state index contributed by atoms with van der Waals surface area (Å²) in [4.78, 5) is 26.1. The Morgan fingerprint density at radius 3 is 2.52 bits per heavy atom. The van der Waals surface area contributed by atoms with Crippen molar-refractivity contribution in [2.75, 3.05) is 6.61 Å². The lowest BCUT2D eigenvalue weighted by Gasteiger charge is -2.24. The number of hydrogen-bond acceptors (Lipinski definition) is 5. The molecule has 1 aromatic heterocycles. The third-order valence-electron chi connectivity index (χ3n) is 6.53. The summed E-state index contributed by atoms with van der Waals surface area (Å²) < 4.78 is 11.2. The standard InChI is InChI=1S/C24H26O5/c25-18-9-5-4-8-16(12-17-13-28-17)23-20(18)22(26)21(24(27)29-23)19(15-10-11-15)14-6-2-1-3-7-14/h1-3,6-7,15-17,19,26H,4-5,8-13H2. The highest BCUT2D eigenvalue weighted by Gasteiger charge is 2.40. The second-order valence-electron chi connectivity index (χ2n) is 8.67. The summed E-state index contributed by atoms with van der Waals surface area (Å²) in [5.41, 5.74) is 0.982. The average Bonchev–Trinajstić information content (AvgIpc) is 3.61. The molecule has 2 aromatic rings. The predicted octanol–water partition coefficient (Wildman–Crippen LogP) is 4.52. The zero-order valence-corrected chi connectivity index (χ0v) is 16.4. The summed E-state index contributed by atoms with van der Waals surface area (Å²) in [6.07, 6.45) is 5.82. The number of carbonyl (C=O) groups is 1. The normalized spacial score (nSPS) is 25.0. The van der Waals surface area contributed by atoms with E-state index in [2.05, 4.69) is 0 Å². The van der Waals surface area contributed by atoms with E-state index in [1.54, 1.807) is 0 Å². The summed E-state index contributed by atoms with van der Waals surface area (Å²) in [5, 5.41) is 11.3. The largest absolute Gasteiger partial charge is 0.506 e. The van der Waals surface area contributed by atoms with Crippen molar-refractivity contribution >= 4 is 5.78 Å². The molecule has 3 aliphatic rings. The first-order valence-electron chi connectivity index (χ1n) is 10.7. The molecule has 0 radical (unpaired) electrons. The lowest BCUT2D eigenvalue weighted by atomic mass is 9.82. The Balaban J connectivity index is 1.66. The Labute approximate surface area is 169 Å². The van der Waals surface area contributed by atoms with Crippen LogP contribution >= 0.6 is 0 Å². The number of ether oxygens (including phenoxy) is 1. The fraction of sp³-hybridized carbons (Fsp3) is 0.500. The van der Waals surface area contributed by atoms with Gasteiger partial charge < -0.3 is 14.3 Å². The van der Waals surface area contributed by atoms with Crippen LogP contribution in [0.3, 0.4) is 0 Å². The molecule has 5 nitrogen and oxygen atoms in total. The molecule has 152 valence electrons. The first-order valence-corrected chi connectivity index (χ1v) is 10.7. The van der Waals surface area contributed by atoms with Crippen LogP contribution < -0.4 is 5.63 Å². The van der Waals surface area contributed by atoms with Gasteiger partial charge in [0.1, 0.15) is 11.5 Å². The first-order chi connectivity index (χ1) is 14.1. The first kappa shape index (κ1) is 18.6. The Kier molecular flexibility index (Phi) is 4.78. The minimum Gasteiger partial charge on any atom is -0.506 e. The maximum absolute atomic E-state index is 13.1. The quantitative estimate of drug-likeness (QED) is 0.755. The molecule has 1 aromatic carbocycles. The Hall–Kier alpha value is -2.40. The summed E-state index contributed by atoms with van der Waals surface area (Å²) in [5.74, 6) is 0.103. The van der Waals surface area contributed by atoms with Gasteiger partial charge in [-0.1, -0.05) is 36.8 Å². The molecule has 0 bridgehead atoms. The van der Waals surface area contributed by atoms with Gasteiger partial charge in [0, 0.05) is 18.3 Å². The number of benzene rings is 1. The van der Waals surface area contributed by atoms with Gasteiger partial charge in [-0.15, -0.1) is 0 Å². The SMILES string of the molecule is O=C1CCCCC(CC2CO2)c2oc(=O)c(C(c3ccccc3)C3CC3)c(O)c21. The third-order valence-corrected chi connectivity index (χ3v) is 6.53. The van der Waals surface area contributed by atoms with Gasteiger partial charge in [-0.05, 0) is 43.6 Å². The van der Waals surface area contributed by atoms with Crippen LogP contribution in [0.15, 0.2) is 39.5 Å². The molecule has 0 spiro atoms. The van der Waals surface area contributed by atoms with Crippen molar-refractivity contribution in [3.8, 4) is 5.75 Å². The number of Topliss-reactive ketones (excluding diaryl/α,β-unsaturated/α-hetero) is 1. The Morgan fingerprint density at radius 2 is 1.83 bits per heavy atom. The van der Waals surface area contributed by atoms with E-state index in [0.717, 1.165) is 44.1 Å². The number of fused-ring (bicyclic) bond motifs is 1. The minimum absolute atomic E-state index is 0.0644. The highest BCUT2D eigenvalue weighted by molar-refractivity contribution is 6.00. The van der Waals surface area contributed by atoms with Gasteiger partial charge in [0.05, 0.1) is 23.8 Å². The van der Waals surface area contributed by atoms with E-state index in [-0.39, 0.29) is 40.6 Å². The predicted molar refractivity (Wildman–Crippen MR) is 108 cm³/mol. The minimum atomic E-state index is -0.503. The summed E-state index contributed by atoms with van der Waals surface area (Å²) in [7, 11) is 0. The monoisotopic (exact) mass is 394 g/mol. The van der Waals surface area contributed by atoms with Crippen LogP contribution in [0.5, 0.6) is 5.75 Å². The van der Waals surface area contributed by atoms with E-state index in [1.807, 2.05) is 30.3 Å². The molecule has 29 heavy (non-hydrogen) atoms. The van der Waals surface area contributed by atoms with Crippen molar-refractivity contribution in [3.63, 3.8) is 0 Å². The molecule has 5 rings (SSSR count). The van der Waals surface area contributed by atoms with Gasteiger partial charge in [-0.3, -0.25) is 4.79 Å². The molecule has 3 atom stereocenters. The lowest BCUT2D eigenvalue weighted by molar-refractivity contribution is 0.0965. The van der Waals surface area contributed by atoms with Crippen molar-refractivity contribution in [1.29, 1.82) is 0 Å². The lowest BCUT2D eigenvalue weighted by Crippen LogP contribution is -2.22. The van der Waals surface area contributed by atoms with Crippen LogP contribution in [0.2, 0.25) is 0 Å². The van der Waals surface area contributed by atoms with Crippen LogP contribution in [0.4, 0.5) is 0 Å². The van der Waals surface area contributed by atoms with E-state index in [9.17, 15) is 14.7 Å². The zero-order valence-electron chi connectivity index (χ0n) is 16.4. The van der Waals surface area contributed by atoms with E-state index in [1.165, 1.54) is 0 Å². The molecule has 2 aliphatic carbocycles.